The van der Waals surface area contributed by atoms with Gasteiger partial charge in [-0.3, -0.25) is 0 Å². The van der Waals surface area contributed by atoms with Crippen molar-refractivity contribution in [2.75, 3.05) is 0 Å². The second kappa shape index (κ2) is 9.96. The molecule has 1 aromatic carbocycles. The van der Waals surface area contributed by atoms with Gasteiger partial charge in [-0.05, 0) is 12.1 Å². The molecule has 1 aromatic rings. The minimum absolute atomic E-state index is 0. The van der Waals surface area contributed by atoms with E-state index in [0.29, 0.717) is 0 Å². The number of aromatic carboxylic acids is 1. The monoisotopic (exact) mass is 391 g/mol. The first-order chi connectivity index (χ1) is 6.13. The van der Waals surface area contributed by atoms with Crippen LogP contribution in [0.15, 0.2) is 24.3 Å². The van der Waals surface area contributed by atoms with E-state index in [1.807, 2.05) is 0 Å². The number of para-hydroxylation sites is 1. The first-order valence-corrected chi connectivity index (χ1v) is 7.80. The van der Waals surface area contributed by atoms with Gasteiger partial charge in [0.25, 0.3) is 0 Å². The van der Waals surface area contributed by atoms with Gasteiger partial charge in [0.05, 0.1) is 5.97 Å². The van der Waals surface area contributed by atoms with Gasteiger partial charge in [-0.2, -0.15) is 0 Å². The fourth-order valence-electron chi connectivity index (χ4n) is 0.646. The van der Waals surface area contributed by atoms with Crippen molar-refractivity contribution < 1.29 is 70.7 Å². The van der Waals surface area contributed by atoms with E-state index < -0.39 is 5.97 Å². The Hall–Kier alpha value is 0.425. The van der Waals surface area contributed by atoms with Crippen molar-refractivity contribution in [3.63, 3.8) is 0 Å². The number of carbonyl (C=O) groups excluding carboxylic acids is 1. The molecule has 0 aromatic heterocycles. The van der Waals surface area contributed by atoms with Crippen molar-refractivity contribution in [3.8, 4) is 5.75 Å². The Morgan fingerprint density at radius 2 is 1.93 bits per heavy atom. The molecule has 0 fully saturated rings. The van der Waals surface area contributed by atoms with Crippen molar-refractivity contribution in [2.45, 2.75) is 10.9 Å². The van der Waals surface area contributed by atoms with Crippen LogP contribution in [0.2, 0.25) is 3.93 Å². The summed E-state index contributed by atoms with van der Waals surface area (Å²) in [4.78, 5) is 10.2. The Labute approximate surface area is 122 Å². The van der Waals surface area contributed by atoms with Crippen LogP contribution in [0, 0.1) is 0 Å². The van der Waals surface area contributed by atoms with Gasteiger partial charge >= 0.3 is 66.5 Å². The van der Waals surface area contributed by atoms with Crippen LogP contribution in [-0.4, -0.2) is 11.1 Å². The predicted octanol–water partition coefficient (Wildman–Crippen LogP) is -2.27. The van der Waals surface area contributed by atoms with Gasteiger partial charge in [0, 0.05) is 5.56 Å². The maximum Gasteiger partial charge on any atom is 1.00 e. The van der Waals surface area contributed by atoms with Gasteiger partial charge in [0.2, 0.25) is 0 Å². The topological polar surface area (TPSA) is 60.4 Å². The standard InChI is InChI=1S/C7H6O3.C2H5.Hg.Na/c8-6-4-2-1-3-5(6)7(9)10;1-2;;/h1-4,8H,(H,9,10);1H2,2H3;;/q;;;+1/p-1. The summed E-state index contributed by atoms with van der Waals surface area (Å²) in [6.07, 6.45) is 0. The summed E-state index contributed by atoms with van der Waals surface area (Å²) in [6.45, 7) is 2.21. The Morgan fingerprint density at radius 3 is 2.21 bits per heavy atom. The molecule has 0 saturated carbocycles. The number of hydrogen-bond donors (Lipinski definition) is 1. The van der Waals surface area contributed by atoms with Gasteiger partial charge in [-0.25, -0.2) is 0 Å². The van der Waals surface area contributed by atoms with E-state index in [1.54, 1.807) is 6.07 Å². The van der Waals surface area contributed by atoms with Gasteiger partial charge in [0.15, 0.2) is 0 Å². The zero-order chi connectivity index (χ0) is 10.3. The van der Waals surface area contributed by atoms with Gasteiger partial charge < -0.3 is 15.0 Å². The van der Waals surface area contributed by atoms with Crippen LogP contribution in [0.25, 0.3) is 0 Å². The molecule has 0 aliphatic carbocycles. The zero-order valence-electron chi connectivity index (χ0n) is 8.49. The maximum atomic E-state index is 10.2. The second-order valence-corrected chi connectivity index (χ2v) is 6.19. The average molecular weight is 390 g/mol. The molecule has 3 nitrogen and oxygen atoms in total. The number of carboxylic acids is 1. The summed E-state index contributed by atoms with van der Waals surface area (Å²) in [5.41, 5.74) is -0.178. The third-order valence-corrected chi connectivity index (χ3v) is 1.12. The SMILES string of the molecule is C[CH2][Hg].O=C([O-])c1ccccc1O.[Na+]. The van der Waals surface area contributed by atoms with E-state index in [-0.39, 0.29) is 40.9 Å². The Bertz CT molecular complexity index is 279. The zero-order valence-corrected chi connectivity index (χ0v) is 16.0. The van der Waals surface area contributed by atoms with Gasteiger partial charge in [0.1, 0.15) is 5.75 Å². The molecule has 1 N–H and O–H groups in total. The molecule has 0 unspecified atom stereocenters. The van der Waals surface area contributed by atoms with Gasteiger partial charge in [-0.1, -0.05) is 12.1 Å². The molecular weight excluding hydrogens is 380 g/mol. The molecule has 0 saturated heterocycles. The van der Waals surface area contributed by atoms with E-state index in [1.165, 1.54) is 22.1 Å². The summed E-state index contributed by atoms with van der Waals surface area (Å²) in [5, 5.41) is 19.0. The molecule has 0 atom stereocenters. The molecule has 0 heterocycles. The smallest absolute Gasteiger partial charge is 0.545 e. The fourth-order valence-corrected chi connectivity index (χ4v) is 0.646. The van der Waals surface area contributed by atoms with E-state index in [9.17, 15) is 9.90 Å². The van der Waals surface area contributed by atoms with Crippen LogP contribution >= 0.6 is 0 Å². The van der Waals surface area contributed by atoms with Crippen molar-refractivity contribution in [3.05, 3.63) is 29.8 Å². The van der Waals surface area contributed by atoms with Crippen LogP contribution in [0.1, 0.15) is 17.3 Å². The number of hydrogen-bond acceptors (Lipinski definition) is 3. The number of phenols is 1. The van der Waals surface area contributed by atoms with Crippen molar-refractivity contribution >= 4 is 5.97 Å². The second-order valence-electron chi connectivity index (χ2n) is 2.30. The summed E-state index contributed by atoms with van der Waals surface area (Å²) in [7, 11) is 0. The Kier molecular flexibility index (Phi) is 12.0. The van der Waals surface area contributed by atoms with E-state index in [2.05, 4.69) is 6.92 Å². The Morgan fingerprint density at radius 1 is 1.50 bits per heavy atom. The molecule has 0 spiro atoms. The van der Waals surface area contributed by atoms with E-state index in [0.717, 1.165) is 26.1 Å². The quantitative estimate of drug-likeness (QED) is 0.551. The van der Waals surface area contributed by atoms with Crippen LogP contribution in [0.5, 0.6) is 5.75 Å². The number of rotatable bonds is 1. The average Bonchev–Trinajstić information content (AvgIpc) is 2.06. The molecule has 0 bridgehead atoms. The molecule has 0 aliphatic heterocycles. The summed E-state index contributed by atoms with van der Waals surface area (Å²) >= 11 is 1.07. The predicted molar refractivity (Wildman–Crippen MR) is 42.9 cm³/mol. The molecule has 0 aliphatic rings. The summed E-state index contributed by atoms with van der Waals surface area (Å²) in [6, 6.07) is 5.64. The van der Waals surface area contributed by atoms with E-state index >= 15 is 0 Å². The van der Waals surface area contributed by atoms with Crippen LogP contribution in [0.4, 0.5) is 0 Å². The van der Waals surface area contributed by atoms with Crippen molar-refractivity contribution in [2.24, 2.45) is 0 Å². The van der Waals surface area contributed by atoms with Gasteiger partial charge in [-0.15, -0.1) is 0 Å². The first kappa shape index (κ1) is 16.8. The molecule has 67 valence electrons. The van der Waals surface area contributed by atoms with Crippen LogP contribution in [-0.2, 0) is 26.1 Å². The van der Waals surface area contributed by atoms with Crippen LogP contribution < -0.4 is 34.7 Å². The van der Waals surface area contributed by atoms with Crippen LogP contribution in [0.3, 0.4) is 0 Å². The first-order valence-electron chi connectivity index (χ1n) is 3.92. The molecular formula is C9H10HgNaO3. The largest absolute Gasteiger partial charge is 1.00 e. The molecule has 0 amide bonds. The third-order valence-electron chi connectivity index (χ3n) is 1.12. The Balaban J connectivity index is 0. The van der Waals surface area contributed by atoms with Crippen molar-refractivity contribution in [1.82, 2.24) is 0 Å². The minimum atomic E-state index is -1.36. The number of carbonyl (C=O) groups is 1. The minimum Gasteiger partial charge on any atom is -0.545 e. The fraction of sp³-hybridized carbons (Fsp3) is 0.222. The maximum absolute atomic E-state index is 10.2. The number of carboxylic acid groups (broad SMARTS) is 1. The van der Waals surface area contributed by atoms with E-state index in [4.69, 9.17) is 5.11 Å². The summed E-state index contributed by atoms with van der Waals surface area (Å²) in [5.74, 6) is -1.62. The molecule has 5 heteroatoms. The summed E-state index contributed by atoms with van der Waals surface area (Å²) < 4.78 is 1.44. The molecule has 0 radical (unpaired) electrons. The molecule has 1 rings (SSSR count). The normalized spacial score (nSPS) is 7.93. The molecule has 14 heavy (non-hydrogen) atoms. The number of benzene rings is 1. The third kappa shape index (κ3) is 6.82. The van der Waals surface area contributed by atoms with Crippen molar-refractivity contribution in [1.29, 1.82) is 0 Å². The number of aromatic hydroxyl groups is 1.